The summed E-state index contributed by atoms with van der Waals surface area (Å²) in [5, 5.41) is 24.9. The van der Waals surface area contributed by atoms with Crippen molar-refractivity contribution in [2.24, 2.45) is 5.92 Å². The van der Waals surface area contributed by atoms with Crippen molar-refractivity contribution < 1.29 is 10.0 Å². The highest BCUT2D eigenvalue weighted by Crippen LogP contribution is 2.31. The molecule has 1 aromatic carbocycles. The van der Waals surface area contributed by atoms with Gasteiger partial charge in [0.25, 0.3) is 5.69 Å². The lowest BCUT2D eigenvalue weighted by atomic mass is 10.00. The molecular weight excluding hydrogens is 270 g/mol. The maximum absolute atomic E-state index is 11.1. The Balaban J connectivity index is 2.46. The fourth-order valence-electron chi connectivity index (χ4n) is 2.37. The summed E-state index contributed by atoms with van der Waals surface area (Å²) in [4.78, 5) is 14.7. The van der Waals surface area contributed by atoms with Gasteiger partial charge >= 0.3 is 0 Å². The van der Waals surface area contributed by atoms with Gasteiger partial charge < -0.3 is 10.4 Å². The summed E-state index contributed by atoms with van der Waals surface area (Å²) in [5.74, 6) is 0.337. The minimum Gasteiger partial charge on any atom is -0.396 e. The van der Waals surface area contributed by atoms with Crippen molar-refractivity contribution >= 4 is 22.1 Å². The van der Waals surface area contributed by atoms with Gasteiger partial charge in [-0.3, -0.25) is 15.1 Å². The molecule has 21 heavy (non-hydrogen) atoms. The van der Waals surface area contributed by atoms with Gasteiger partial charge in [-0.05, 0) is 24.5 Å². The van der Waals surface area contributed by atoms with Crippen LogP contribution in [0, 0.1) is 16.0 Å². The number of nitro benzene ring substituents is 1. The first-order valence-electron chi connectivity index (χ1n) is 6.93. The number of anilines is 1. The van der Waals surface area contributed by atoms with Crippen LogP contribution in [0.15, 0.2) is 30.6 Å². The zero-order valence-corrected chi connectivity index (χ0v) is 12.1. The van der Waals surface area contributed by atoms with Crippen LogP contribution in [-0.4, -0.2) is 27.7 Å². The van der Waals surface area contributed by atoms with Crippen molar-refractivity contribution in [3.05, 3.63) is 40.7 Å². The van der Waals surface area contributed by atoms with Gasteiger partial charge in [0, 0.05) is 42.2 Å². The van der Waals surface area contributed by atoms with Crippen LogP contribution in [0.1, 0.15) is 20.3 Å². The number of aliphatic hydroxyl groups excluding tert-OH is 1. The first-order chi connectivity index (χ1) is 10.0. The summed E-state index contributed by atoms with van der Waals surface area (Å²) in [6.07, 6.45) is 3.75. The van der Waals surface area contributed by atoms with Crippen LogP contribution in [-0.2, 0) is 0 Å². The van der Waals surface area contributed by atoms with Gasteiger partial charge in [-0.1, -0.05) is 13.8 Å². The third-order valence-corrected chi connectivity index (χ3v) is 3.58. The molecule has 0 aliphatic rings. The molecule has 112 valence electrons. The molecule has 0 saturated carbocycles. The second-order valence-corrected chi connectivity index (χ2v) is 5.32. The molecular formula is C15H19N3O3. The van der Waals surface area contributed by atoms with Crippen molar-refractivity contribution in [2.45, 2.75) is 26.3 Å². The first kappa shape index (κ1) is 15.2. The predicted molar refractivity (Wildman–Crippen MR) is 82.3 cm³/mol. The molecule has 0 fully saturated rings. The first-order valence-corrected chi connectivity index (χ1v) is 6.93. The average molecular weight is 289 g/mol. The van der Waals surface area contributed by atoms with Crippen LogP contribution < -0.4 is 5.32 Å². The van der Waals surface area contributed by atoms with Gasteiger partial charge in [-0.15, -0.1) is 0 Å². The standard InChI is InChI=1S/C15H19N3O3/c1-10(2)13(6-8-19)17-14-3-4-15(18(20)21)12-9-16-7-5-11(12)14/h3-5,7,9-10,13,17,19H,6,8H2,1-2H3. The Kier molecular flexibility index (Phi) is 4.70. The smallest absolute Gasteiger partial charge is 0.278 e. The number of aliphatic hydroxyl groups is 1. The van der Waals surface area contributed by atoms with E-state index in [4.69, 9.17) is 5.11 Å². The van der Waals surface area contributed by atoms with Crippen molar-refractivity contribution in [3.63, 3.8) is 0 Å². The number of fused-ring (bicyclic) bond motifs is 1. The highest BCUT2D eigenvalue weighted by atomic mass is 16.6. The molecule has 2 aromatic rings. The Bertz CT molecular complexity index is 643. The minimum atomic E-state index is -0.401. The number of nitro groups is 1. The normalized spacial score (nSPS) is 12.6. The molecule has 0 bridgehead atoms. The quantitative estimate of drug-likeness (QED) is 0.630. The molecule has 0 radical (unpaired) electrons. The van der Waals surface area contributed by atoms with Crippen molar-refractivity contribution in [1.29, 1.82) is 0 Å². The highest BCUT2D eigenvalue weighted by molar-refractivity contribution is 5.99. The number of nitrogens with one attached hydrogen (secondary N) is 1. The lowest BCUT2D eigenvalue weighted by Crippen LogP contribution is -2.26. The van der Waals surface area contributed by atoms with Crippen LogP contribution in [0.2, 0.25) is 0 Å². The third kappa shape index (κ3) is 3.28. The molecule has 0 saturated heterocycles. The molecule has 1 aromatic heterocycles. The molecule has 2 rings (SSSR count). The maximum Gasteiger partial charge on any atom is 0.278 e. The zero-order chi connectivity index (χ0) is 15.4. The van der Waals surface area contributed by atoms with E-state index >= 15 is 0 Å². The van der Waals surface area contributed by atoms with E-state index in [1.54, 1.807) is 18.3 Å². The van der Waals surface area contributed by atoms with Gasteiger partial charge in [-0.2, -0.15) is 0 Å². The van der Waals surface area contributed by atoms with Crippen molar-refractivity contribution in [2.75, 3.05) is 11.9 Å². The summed E-state index contributed by atoms with van der Waals surface area (Å²) in [5.41, 5.74) is 0.872. The molecule has 0 amide bonds. The highest BCUT2D eigenvalue weighted by Gasteiger charge is 2.17. The van der Waals surface area contributed by atoms with E-state index in [0.717, 1.165) is 11.1 Å². The number of benzene rings is 1. The number of aromatic nitrogens is 1. The van der Waals surface area contributed by atoms with Gasteiger partial charge in [0.2, 0.25) is 0 Å². The number of pyridine rings is 1. The monoisotopic (exact) mass is 289 g/mol. The van der Waals surface area contributed by atoms with E-state index in [1.807, 2.05) is 0 Å². The largest absolute Gasteiger partial charge is 0.396 e. The Morgan fingerprint density at radius 3 is 2.71 bits per heavy atom. The van der Waals surface area contributed by atoms with Crippen LogP contribution >= 0.6 is 0 Å². The SMILES string of the molecule is CC(C)C(CCO)Nc1ccc([N+](=O)[O-])c2cnccc12. The van der Waals surface area contributed by atoms with E-state index in [9.17, 15) is 10.1 Å². The Morgan fingerprint density at radius 1 is 1.33 bits per heavy atom. The number of non-ortho nitro benzene ring substituents is 1. The Labute approximate surface area is 123 Å². The summed E-state index contributed by atoms with van der Waals surface area (Å²) in [6, 6.07) is 5.07. The Morgan fingerprint density at radius 2 is 2.10 bits per heavy atom. The number of hydrogen-bond donors (Lipinski definition) is 2. The number of hydrogen-bond acceptors (Lipinski definition) is 5. The number of rotatable bonds is 6. The van der Waals surface area contributed by atoms with Crippen molar-refractivity contribution in [1.82, 2.24) is 4.98 Å². The summed E-state index contributed by atoms with van der Waals surface area (Å²) < 4.78 is 0. The molecule has 1 atom stereocenters. The number of nitrogens with zero attached hydrogens (tertiary/aromatic N) is 2. The minimum absolute atomic E-state index is 0.0481. The molecule has 0 aliphatic heterocycles. The Hall–Kier alpha value is -2.21. The lowest BCUT2D eigenvalue weighted by Gasteiger charge is -2.23. The van der Waals surface area contributed by atoms with Gasteiger partial charge in [0.05, 0.1) is 10.3 Å². The fourth-order valence-corrected chi connectivity index (χ4v) is 2.37. The van der Waals surface area contributed by atoms with Crippen LogP contribution in [0.3, 0.4) is 0 Å². The van der Waals surface area contributed by atoms with Crippen LogP contribution in [0.25, 0.3) is 10.8 Å². The van der Waals surface area contributed by atoms with E-state index in [1.165, 1.54) is 12.3 Å². The van der Waals surface area contributed by atoms with Crippen LogP contribution in [0.5, 0.6) is 0 Å². The summed E-state index contributed by atoms with van der Waals surface area (Å²) in [7, 11) is 0. The molecule has 0 spiro atoms. The second-order valence-electron chi connectivity index (χ2n) is 5.32. The van der Waals surface area contributed by atoms with E-state index in [0.29, 0.717) is 17.7 Å². The summed E-state index contributed by atoms with van der Waals surface area (Å²) in [6.45, 7) is 4.24. The average Bonchev–Trinajstić information content (AvgIpc) is 2.46. The molecule has 6 heteroatoms. The topological polar surface area (TPSA) is 88.3 Å². The zero-order valence-electron chi connectivity index (χ0n) is 12.1. The van der Waals surface area contributed by atoms with Gasteiger partial charge in [0.15, 0.2) is 0 Å². The fraction of sp³-hybridized carbons (Fsp3) is 0.400. The molecule has 0 aliphatic carbocycles. The van der Waals surface area contributed by atoms with Crippen molar-refractivity contribution in [3.8, 4) is 0 Å². The van der Waals surface area contributed by atoms with E-state index in [-0.39, 0.29) is 18.3 Å². The summed E-state index contributed by atoms with van der Waals surface area (Å²) >= 11 is 0. The van der Waals surface area contributed by atoms with E-state index < -0.39 is 4.92 Å². The third-order valence-electron chi connectivity index (χ3n) is 3.58. The van der Waals surface area contributed by atoms with Gasteiger partial charge in [-0.25, -0.2) is 0 Å². The molecule has 2 N–H and O–H groups in total. The van der Waals surface area contributed by atoms with Crippen LogP contribution in [0.4, 0.5) is 11.4 Å². The lowest BCUT2D eigenvalue weighted by molar-refractivity contribution is -0.383. The molecule has 1 heterocycles. The maximum atomic E-state index is 11.1. The molecule has 1 unspecified atom stereocenters. The molecule has 6 nitrogen and oxygen atoms in total. The second kappa shape index (κ2) is 6.49. The van der Waals surface area contributed by atoms with E-state index in [2.05, 4.69) is 24.1 Å². The predicted octanol–water partition coefficient (Wildman–Crippen LogP) is 2.96. The van der Waals surface area contributed by atoms with Gasteiger partial charge in [0.1, 0.15) is 0 Å².